The molecule has 2 aromatic rings. The van der Waals surface area contributed by atoms with Crippen molar-refractivity contribution in [2.75, 3.05) is 5.73 Å². The van der Waals surface area contributed by atoms with E-state index in [2.05, 4.69) is 10.2 Å². The third-order valence-electron chi connectivity index (χ3n) is 2.00. The summed E-state index contributed by atoms with van der Waals surface area (Å²) >= 11 is 2.92. The van der Waals surface area contributed by atoms with Crippen molar-refractivity contribution < 1.29 is 4.79 Å². The van der Waals surface area contributed by atoms with E-state index in [-0.39, 0.29) is 0 Å². The molecule has 0 aliphatic heterocycles. The highest BCUT2D eigenvalue weighted by Gasteiger charge is 2.09. The molecule has 0 atom stereocenters. The Kier molecular flexibility index (Phi) is 3.30. The summed E-state index contributed by atoms with van der Waals surface area (Å²) in [6.07, 6.45) is 0. The van der Waals surface area contributed by atoms with Crippen LogP contribution in [0.3, 0.4) is 0 Å². The number of aromatic nitrogens is 2. The molecule has 0 saturated heterocycles. The number of nitrogens with zero attached hydrogens (tertiary/aromatic N) is 2. The molecule has 1 aromatic heterocycles. The fourth-order valence-corrected chi connectivity index (χ4v) is 3.06. The summed E-state index contributed by atoms with van der Waals surface area (Å²) in [5.41, 5.74) is 11.6. The summed E-state index contributed by atoms with van der Waals surface area (Å²) in [4.78, 5) is 12.0. The first kappa shape index (κ1) is 11.9. The van der Waals surface area contributed by atoms with Gasteiger partial charge in [-0.25, -0.2) is 0 Å². The Labute approximate surface area is 106 Å². The maximum Gasteiger partial charge on any atom is 0.250 e. The van der Waals surface area contributed by atoms with E-state index in [9.17, 15) is 4.79 Å². The summed E-state index contributed by atoms with van der Waals surface area (Å²) in [6.45, 7) is 1.89. The summed E-state index contributed by atoms with van der Waals surface area (Å²) in [6, 6.07) is 5.15. The van der Waals surface area contributed by atoms with Crippen LogP contribution in [0.2, 0.25) is 0 Å². The molecule has 0 saturated carbocycles. The molecule has 7 heteroatoms. The first-order chi connectivity index (χ1) is 8.06. The molecule has 2 rings (SSSR count). The van der Waals surface area contributed by atoms with Crippen LogP contribution >= 0.6 is 23.1 Å². The van der Waals surface area contributed by atoms with Crippen LogP contribution in [0.15, 0.2) is 27.4 Å². The molecule has 5 nitrogen and oxygen atoms in total. The molecule has 0 radical (unpaired) electrons. The molecular formula is C10H10N4OS2. The number of benzene rings is 1. The second kappa shape index (κ2) is 4.72. The predicted molar refractivity (Wildman–Crippen MR) is 68.1 cm³/mol. The van der Waals surface area contributed by atoms with Gasteiger partial charge < -0.3 is 11.5 Å². The summed E-state index contributed by atoms with van der Waals surface area (Å²) < 4.78 is 0.822. The van der Waals surface area contributed by atoms with E-state index in [1.165, 1.54) is 23.1 Å². The van der Waals surface area contributed by atoms with Gasteiger partial charge in [-0.1, -0.05) is 23.1 Å². The van der Waals surface area contributed by atoms with Gasteiger partial charge in [-0.3, -0.25) is 4.79 Å². The maximum absolute atomic E-state index is 11.1. The molecule has 0 unspecified atom stereocenters. The quantitative estimate of drug-likeness (QED) is 0.824. The Morgan fingerprint density at radius 3 is 2.76 bits per heavy atom. The molecule has 0 spiro atoms. The number of aryl methyl sites for hydroxylation is 1. The molecule has 17 heavy (non-hydrogen) atoms. The number of hydrogen-bond donors (Lipinski definition) is 2. The lowest BCUT2D eigenvalue weighted by atomic mass is 10.2. The lowest BCUT2D eigenvalue weighted by Gasteiger charge is -2.03. The Bertz CT molecular complexity index is 567. The molecule has 1 aromatic carbocycles. The smallest absolute Gasteiger partial charge is 0.250 e. The normalized spacial score (nSPS) is 10.4. The van der Waals surface area contributed by atoms with Crippen LogP contribution in [0.25, 0.3) is 0 Å². The fraction of sp³-hybridized carbons (Fsp3) is 0.100. The minimum absolute atomic E-state index is 0.330. The van der Waals surface area contributed by atoms with Gasteiger partial charge in [0.25, 0.3) is 5.91 Å². The third-order valence-corrected chi connectivity index (χ3v) is 3.88. The highest BCUT2D eigenvalue weighted by molar-refractivity contribution is 8.01. The van der Waals surface area contributed by atoms with Crippen molar-refractivity contribution in [3.8, 4) is 0 Å². The second-order valence-electron chi connectivity index (χ2n) is 3.30. The minimum Gasteiger partial charge on any atom is -0.398 e. The molecule has 4 N–H and O–H groups in total. The van der Waals surface area contributed by atoms with Gasteiger partial charge in [0.1, 0.15) is 5.01 Å². The molecule has 1 amide bonds. The zero-order chi connectivity index (χ0) is 12.4. The van der Waals surface area contributed by atoms with Gasteiger partial charge in [0, 0.05) is 10.6 Å². The van der Waals surface area contributed by atoms with Gasteiger partial charge in [0.2, 0.25) is 0 Å². The number of nitrogens with two attached hydrogens (primary N) is 2. The Morgan fingerprint density at radius 2 is 2.18 bits per heavy atom. The Morgan fingerprint density at radius 1 is 1.41 bits per heavy atom. The molecular weight excluding hydrogens is 256 g/mol. The Balaban J connectivity index is 2.28. The number of hydrogen-bond acceptors (Lipinski definition) is 6. The van der Waals surface area contributed by atoms with Gasteiger partial charge >= 0.3 is 0 Å². The average Bonchev–Trinajstić information content (AvgIpc) is 2.66. The topological polar surface area (TPSA) is 94.9 Å². The molecule has 0 aliphatic carbocycles. The number of amides is 1. The molecule has 1 heterocycles. The van der Waals surface area contributed by atoms with Gasteiger partial charge in [-0.2, -0.15) is 0 Å². The monoisotopic (exact) mass is 266 g/mol. The van der Waals surface area contributed by atoms with Crippen molar-refractivity contribution in [1.29, 1.82) is 0 Å². The molecule has 0 fully saturated rings. The average molecular weight is 266 g/mol. The first-order valence-corrected chi connectivity index (χ1v) is 6.37. The van der Waals surface area contributed by atoms with Crippen molar-refractivity contribution in [3.63, 3.8) is 0 Å². The number of nitrogen functional groups attached to an aromatic ring is 1. The summed E-state index contributed by atoms with van der Waals surface area (Å²) in [5.74, 6) is -0.529. The van der Waals surface area contributed by atoms with E-state index in [0.29, 0.717) is 11.3 Å². The van der Waals surface area contributed by atoms with E-state index in [1.807, 2.05) is 13.0 Å². The standard InChI is InChI=1S/C10H10N4OS2/c1-5-13-14-10(16-5)17-6-2-3-8(11)7(4-6)9(12)15/h2-4H,11H2,1H3,(H2,12,15). The van der Waals surface area contributed by atoms with Crippen LogP contribution in [-0.2, 0) is 0 Å². The second-order valence-corrected chi connectivity index (χ2v) is 5.80. The number of primary amides is 1. The van der Waals surface area contributed by atoms with Crippen molar-refractivity contribution in [2.24, 2.45) is 5.73 Å². The minimum atomic E-state index is -0.529. The van der Waals surface area contributed by atoms with E-state index in [1.54, 1.807) is 12.1 Å². The fourth-order valence-electron chi connectivity index (χ4n) is 1.23. The number of carbonyl (C=O) groups is 1. The number of rotatable bonds is 3. The van der Waals surface area contributed by atoms with E-state index < -0.39 is 5.91 Å². The van der Waals surface area contributed by atoms with E-state index in [4.69, 9.17) is 11.5 Å². The lowest BCUT2D eigenvalue weighted by Crippen LogP contribution is -2.13. The zero-order valence-electron chi connectivity index (χ0n) is 9.01. The summed E-state index contributed by atoms with van der Waals surface area (Å²) in [5, 5.41) is 8.81. The maximum atomic E-state index is 11.1. The first-order valence-electron chi connectivity index (χ1n) is 4.73. The predicted octanol–water partition coefficient (Wildman–Crippen LogP) is 1.68. The molecule has 88 valence electrons. The van der Waals surface area contributed by atoms with Crippen LogP contribution in [-0.4, -0.2) is 16.1 Å². The van der Waals surface area contributed by atoms with Crippen molar-refractivity contribution >= 4 is 34.7 Å². The summed E-state index contributed by atoms with van der Waals surface area (Å²) in [7, 11) is 0. The van der Waals surface area contributed by atoms with Crippen LogP contribution < -0.4 is 11.5 Å². The Hall–Kier alpha value is -1.60. The highest BCUT2D eigenvalue weighted by atomic mass is 32.2. The van der Waals surface area contributed by atoms with E-state index >= 15 is 0 Å². The number of carbonyl (C=O) groups excluding carboxylic acids is 1. The largest absolute Gasteiger partial charge is 0.398 e. The van der Waals surface area contributed by atoms with Crippen molar-refractivity contribution in [2.45, 2.75) is 16.2 Å². The van der Waals surface area contributed by atoms with Gasteiger partial charge in [-0.15, -0.1) is 10.2 Å². The van der Waals surface area contributed by atoms with Crippen molar-refractivity contribution in [3.05, 3.63) is 28.8 Å². The zero-order valence-corrected chi connectivity index (χ0v) is 10.6. The SMILES string of the molecule is Cc1nnc(Sc2ccc(N)c(C(N)=O)c2)s1. The van der Waals surface area contributed by atoms with Crippen LogP contribution in [0.5, 0.6) is 0 Å². The third kappa shape index (κ3) is 2.75. The van der Waals surface area contributed by atoms with Crippen LogP contribution in [0.1, 0.15) is 15.4 Å². The molecule has 0 bridgehead atoms. The van der Waals surface area contributed by atoms with Crippen LogP contribution in [0.4, 0.5) is 5.69 Å². The van der Waals surface area contributed by atoms with Crippen molar-refractivity contribution in [1.82, 2.24) is 10.2 Å². The molecule has 0 aliphatic rings. The highest BCUT2D eigenvalue weighted by Crippen LogP contribution is 2.31. The van der Waals surface area contributed by atoms with Gasteiger partial charge in [-0.05, 0) is 25.1 Å². The number of anilines is 1. The van der Waals surface area contributed by atoms with E-state index in [0.717, 1.165) is 14.2 Å². The van der Waals surface area contributed by atoms with Gasteiger partial charge in [0.15, 0.2) is 4.34 Å². The van der Waals surface area contributed by atoms with Gasteiger partial charge in [0.05, 0.1) is 5.56 Å². The van der Waals surface area contributed by atoms with Crippen LogP contribution in [0, 0.1) is 6.92 Å². The lowest BCUT2D eigenvalue weighted by molar-refractivity contribution is 0.100.